The summed E-state index contributed by atoms with van der Waals surface area (Å²) in [6.07, 6.45) is 0.146. The molecule has 0 spiro atoms. The van der Waals surface area contributed by atoms with Gasteiger partial charge in [0.25, 0.3) is 6.04 Å². The number of carbonyl (C=O) groups is 1. The molecule has 0 aromatic rings. The van der Waals surface area contributed by atoms with Gasteiger partial charge in [0.2, 0.25) is 5.78 Å². The Labute approximate surface area is 45.4 Å². The van der Waals surface area contributed by atoms with Gasteiger partial charge in [-0.05, 0) is 0 Å². The molecule has 1 aliphatic rings. The van der Waals surface area contributed by atoms with Gasteiger partial charge in [-0.25, -0.2) is 0 Å². The number of nitrogens with zero attached hydrogens (tertiary/aromatic N) is 1. The van der Waals surface area contributed by atoms with E-state index in [9.17, 15) is 14.9 Å². The van der Waals surface area contributed by atoms with E-state index in [1.165, 1.54) is 0 Å². The fraction of sp³-hybridized carbons (Fsp3) is 0.667. The van der Waals surface area contributed by atoms with Crippen molar-refractivity contribution < 1.29 is 9.72 Å². The van der Waals surface area contributed by atoms with Crippen LogP contribution in [0.2, 0.25) is 0 Å². The summed E-state index contributed by atoms with van der Waals surface area (Å²) in [6, 6.07) is -0.847. The van der Waals surface area contributed by atoms with Gasteiger partial charge in [0.1, 0.15) is 0 Å². The number of carbonyl (C=O) groups excluding carboxylic acids is 1. The molecule has 0 aliphatic heterocycles. The monoisotopic (exact) mass is 119 g/mol. The van der Waals surface area contributed by atoms with Gasteiger partial charge in [-0.2, -0.15) is 0 Å². The predicted octanol–water partition coefficient (Wildman–Crippen LogP) is -0.0193. The van der Waals surface area contributed by atoms with Crippen molar-refractivity contribution in [3.8, 4) is 0 Å². The maximum Gasteiger partial charge on any atom is 0.277 e. The molecule has 1 atom stereocenters. The molecule has 1 rings (SSSR count). The second-order valence-electron chi connectivity index (χ2n) is 1.47. The lowest BCUT2D eigenvalue weighted by molar-refractivity contribution is -0.488. The fourth-order valence-electron chi connectivity index (χ4n) is 0.324. The average molecular weight is 119 g/mol. The number of Topliss-reactive ketones (excluding diaryl/α,β-unsaturated/α-hetero) is 1. The first-order valence-corrected chi connectivity index (χ1v) is 1.88. The van der Waals surface area contributed by atoms with E-state index in [0.29, 0.717) is 0 Å². The van der Waals surface area contributed by atoms with Crippen LogP contribution < -0.4 is 6.15 Å². The van der Waals surface area contributed by atoms with Crippen molar-refractivity contribution in [2.75, 3.05) is 0 Å². The molecule has 46 valence electrons. The quantitative estimate of drug-likeness (QED) is 0.388. The molecule has 1 aliphatic carbocycles. The van der Waals surface area contributed by atoms with Crippen molar-refractivity contribution in [2.45, 2.75) is 12.5 Å². The van der Waals surface area contributed by atoms with Crippen LogP contribution >= 0.6 is 0 Å². The van der Waals surface area contributed by atoms with E-state index in [0.717, 1.165) is 0 Å². The smallest absolute Gasteiger partial charge is 0.277 e. The second kappa shape index (κ2) is 1.87. The van der Waals surface area contributed by atoms with Crippen LogP contribution in [0.1, 0.15) is 6.42 Å². The number of rotatable bonds is 1. The predicted molar refractivity (Wildman–Crippen MR) is 26.4 cm³/mol. The molecular formula is C3H7N2O3+. The Hall–Kier alpha value is -0.970. The molecule has 0 heterocycles. The fourth-order valence-corrected chi connectivity index (χ4v) is 0.324. The molecule has 0 amide bonds. The van der Waals surface area contributed by atoms with Gasteiger partial charge in [0.05, 0.1) is 6.42 Å². The summed E-state index contributed by atoms with van der Waals surface area (Å²) >= 11 is 0. The number of ketones is 1. The van der Waals surface area contributed by atoms with Gasteiger partial charge in [-0.1, -0.05) is 0 Å². The highest BCUT2D eigenvalue weighted by Crippen LogP contribution is 2.16. The van der Waals surface area contributed by atoms with Gasteiger partial charge in [-0.15, -0.1) is 0 Å². The van der Waals surface area contributed by atoms with Crippen LogP contribution in [0.4, 0.5) is 0 Å². The Morgan fingerprint density at radius 3 is 2.12 bits per heavy atom. The van der Waals surface area contributed by atoms with Crippen LogP contribution in [0.3, 0.4) is 0 Å². The topological polar surface area (TPSA) is 96.7 Å². The van der Waals surface area contributed by atoms with E-state index < -0.39 is 11.0 Å². The van der Waals surface area contributed by atoms with Crippen LogP contribution in [0.15, 0.2) is 0 Å². The summed E-state index contributed by atoms with van der Waals surface area (Å²) in [7, 11) is 0. The van der Waals surface area contributed by atoms with Crippen LogP contribution in [-0.4, -0.2) is 16.7 Å². The lowest BCUT2D eigenvalue weighted by Crippen LogP contribution is -2.01. The highest BCUT2D eigenvalue weighted by atomic mass is 16.6. The Morgan fingerprint density at radius 1 is 1.75 bits per heavy atom. The Bertz CT molecular complexity index is 132. The molecule has 8 heavy (non-hydrogen) atoms. The molecule has 1 fully saturated rings. The summed E-state index contributed by atoms with van der Waals surface area (Å²) in [5, 5.41) is 9.56. The minimum Gasteiger partial charge on any atom is -0.369 e. The van der Waals surface area contributed by atoms with E-state index in [4.69, 9.17) is 0 Å². The Balaban J connectivity index is 0.000000490. The molecular weight excluding hydrogens is 112 g/mol. The molecule has 0 bridgehead atoms. The summed E-state index contributed by atoms with van der Waals surface area (Å²) in [5.41, 5.74) is 0. The van der Waals surface area contributed by atoms with E-state index in [-0.39, 0.29) is 18.4 Å². The lowest BCUT2D eigenvalue weighted by atomic mass is 10.8. The van der Waals surface area contributed by atoms with Crippen molar-refractivity contribution in [1.29, 1.82) is 0 Å². The zero-order valence-electron chi connectivity index (χ0n) is 4.46. The summed E-state index contributed by atoms with van der Waals surface area (Å²) in [4.78, 5) is 18.9. The van der Waals surface area contributed by atoms with Crippen LogP contribution in [-0.2, 0) is 4.79 Å². The molecule has 5 heteroatoms. The molecule has 0 aromatic carbocycles. The first kappa shape index (κ1) is 7.03. The SMILES string of the molecule is O=C1CC1[N+](=O)[O-].[NH4+]. The normalized spacial score (nSPS) is 24.0. The molecule has 5 nitrogen and oxygen atoms in total. The molecule has 0 aromatic heterocycles. The van der Waals surface area contributed by atoms with E-state index in [1.807, 2.05) is 0 Å². The number of hydrogen-bond donors (Lipinski definition) is 1. The maximum absolute atomic E-state index is 9.89. The molecule has 1 unspecified atom stereocenters. The minimum absolute atomic E-state index is 0. The third-order valence-electron chi connectivity index (χ3n) is 0.861. The summed E-state index contributed by atoms with van der Waals surface area (Å²) in [6.45, 7) is 0. The maximum atomic E-state index is 9.89. The Kier molecular flexibility index (Phi) is 1.64. The van der Waals surface area contributed by atoms with E-state index in [1.54, 1.807) is 0 Å². The van der Waals surface area contributed by atoms with Crippen LogP contribution in [0.25, 0.3) is 0 Å². The van der Waals surface area contributed by atoms with E-state index >= 15 is 0 Å². The van der Waals surface area contributed by atoms with Crippen molar-refractivity contribution in [1.82, 2.24) is 6.15 Å². The van der Waals surface area contributed by atoms with Crippen molar-refractivity contribution >= 4 is 5.78 Å². The lowest BCUT2D eigenvalue weighted by Gasteiger charge is -1.75. The largest absolute Gasteiger partial charge is 0.369 e. The third kappa shape index (κ3) is 1.00. The number of quaternary nitrogens is 1. The van der Waals surface area contributed by atoms with Crippen molar-refractivity contribution in [3.05, 3.63) is 10.1 Å². The van der Waals surface area contributed by atoms with Crippen LogP contribution in [0, 0.1) is 10.1 Å². The van der Waals surface area contributed by atoms with Crippen molar-refractivity contribution in [2.24, 2.45) is 0 Å². The van der Waals surface area contributed by atoms with Gasteiger partial charge < -0.3 is 6.15 Å². The first-order valence-electron chi connectivity index (χ1n) is 1.88. The average Bonchev–Trinajstić information content (AvgIpc) is 2.17. The first-order chi connectivity index (χ1) is 3.22. The number of hydrogen-bond acceptors (Lipinski definition) is 3. The van der Waals surface area contributed by atoms with Gasteiger partial charge in [0, 0.05) is 4.92 Å². The number of nitro groups is 1. The zero-order valence-corrected chi connectivity index (χ0v) is 4.46. The summed E-state index contributed by atoms with van der Waals surface area (Å²) in [5.74, 6) is -0.245. The molecule has 1 saturated carbocycles. The van der Waals surface area contributed by atoms with E-state index in [2.05, 4.69) is 0 Å². The van der Waals surface area contributed by atoms with Gasteiger partial charge in [-0.3, -0.25) is 14.9 Å². The Morgan fingerprint density at radius 2 is 2.12 bits per heavy atom. The second-order valence-corrected chi connectivity index (χ2v) is 1.47. The summed E-state index contributed by atoms with van der Waals surface area (Å²) < 4.78 is 0. The standard InChI is InChI=1S/C3H3NO3.H3N/c5-3-1-2(3)4(6)7;/h2H,1H2;1H3/p+1. The minimum atomic E-state index is -0.847. The molecule has 4 N–H and O–H groups in total. The van der Waals surface area contributed by atoms with Crippen molar-refractivity contribution in [3.63, 3.8) is 0 Å². The third-order valence-corrected chi connectivity index (χ3v) is 0.861. The molecule has 0 saturated heterocycles. The van der Waals surface area contributed by atoms with Gasteiger partial charge in [0.15, 0.2) is 0 Å². The highest BCUT2D eigenvalue weighted by molar-refractivity contribution is 5.98. The zero-order chi connectivity index (χ0) is 5.44. The molecule has 0 radical (unpaired) electrons. The highest BCUT2D eigenvalue weighted by Gasteiger charge is 2.46. The van der Waals surface area contributed by atoms with Gasteiger partial charge >= 0.3 is 0 Å². The van der Waals surface area contributed by atoms with Crippen LogP contribution in [0.5, 0.6) is 0 Å².